The molecule has 6 nitrogen and oxygen atoms in total. The van der Waals surface area contributed by atoms with Gasteiger partial charge in [-0.05, 0) is 70.6 Å². The molecule has 1 atom stereocenters. The van der Waals surface area contributed by atoms with Gasteiger partial charge in [0.25, 0.3) is 0 Å². The van der Waals surface area contributed by atoms with E-state index in [0.717, 1.165) is 64.2 Å². The van der Waals surface area contributed by atoms with Gasteiger partial charge in [-0.1, -0.05) is 251 Å². The van der Waals surface area contributed by atoms with Gasteiger partial charge in [0.2, 0.25) is 0 Å². The minimum Gasteiger partial charge on any atom is -0.462 e. The van der Waals surface area contributed by atoms with Crippen LogP contribution in [0.15, 0.2) is 24.3 Å². The standard InChI is InChI=1S/C59H110O6/c1-4-7-10-13-16-18-20-22-23-24-25-26-27-28-29-30-31-32-33-34-35-37-38-40-43-46-49-52-58(61)64-55-56(54-63-57(60)51-48-45-42-15-12-9-6-3)65-59(62)53-50-47-44-41-39-36-21-19-17-14-11-8-5-2/h19,21,24-25,56H,4-18,20,22-23,26-55H2,1-3H3/b21-19-,25-24-. The number of ether oxygens (including phenoxy) is 3. The Morgan fingerprint density at radius 1 is 0.292 bits per heavy atom. The van der Waals surface area contributed by atoms with E-state index in [1.165, 1.54) is 212 Å². The Morgan fingerprint density at radius 2 is 0.508 bits per heavy atom. The first-order valence-corrected chi connectivity index (χ1v) is 28.8. The summed E-state index contributed by atoms with van der Waals surface area (Å²) >= 11 is 0. The number of allylic oxidation sites excluding steroid dienone is 4. The lowest BCUT2D eigenvalue weighted by molar-refractivity contribution is -0.167. The van der Waals surface area contributed by atoms with Crippen molar-refractivity contribution in [2.75, 3.05) is 13.2 Å². The van der Waals surface area contributed by atoms with E-state index in [1.807, 2.05) is 0 Å². The van der Waals surface area contributed by atoms with Crippen LogP contribution in [-0.4, -0.2) is 37.2 Å². The van der Waals surface area contributed by atoms with Gasteiger partial charge in [-0.15, -0.1) is 0 Å². The van der Waals surface area contributed by atoms with Crippen molar-refractivity contribution in [2.45, 2.75) is 322 Å². The highest BCUT2D eigenvalue weighted by atomic mass is 16.6. The zero-order chi connectivity index (χ0) is 47.2. The van der Waals surface area contributed by atoms with Gasteiger partial charge >= 0.3 is 17.9 Å². The van der Waals surface area contributed by atoms with E-state index in [2.05, 4.69) is 45.1 Å². The Kier molecular flexibility index (Phi) is 52.7. The minimum atomic E-state index is -0.769. The van der Waals surface area contributed by atoms with Crippen LogP contribution < -0.4 is 0 Å². The number of carbonyl (C=O) groups excluding carboxylic acids is 3. The molecule has 0 radical (unpaired) electrons. The van der Waals surface area contributed by atoms with E-state index in [4.69, 9.17) is 14.2 Å². The molecule has 0 fully saturated rings. The number of carbonyl (C=O) groups is 3. The highest BCUT2D eigenvalue weighted by Crippen LogP contribution is 2.16. The molecule has 0 aliphatic rings. The summed E-state index contributed by atoms with van der Waals surface area (Å²) in [6.45, 7) is 6.61. The van der Waals surface area contributed by atoms with Crippen LogP contribution in [0.5, 0.6) is 0 Å². The van der Waals surface area contributed by atoms with Crippen LogP contribution in [0, 0.1) is 0 Å². The number of hydrogen-bond acceptors (Lipinski definition) is 6. The minimum absolute atomic E-state index is 0.0707. The van der Waals surface area contributed by atoms with Crippen molar-refractivity contribution in [3.8, 4) is 0 Å². The Hall–Kier alpha value is -2.11. The lowest BCUT2D eigenvalue weighted by atomic mass is 10.0. The molecule has 0 aromatic heterocycles. The summed E-state index contributed by atoms with van der Waals surface area (Å²) in [7, 11) is 0. The fourth-order valence-electron chi connectivity index (χ4n) is 8.55. The third-order valence-corrected chi connectivity index (χ3v) is 12.9. The maximum absolute atomic E-state index is 12.8. The van der Waals surface area contributed by atoms with Crippen LogP contribution in [0.1, 0.15) is 316 Å². The van der Waals surface area contributed by atoms with E-state index in [-0.39, 0.29) is 31.1 Å². The molecule has 6 heteroatoms. The molecule has 65 heavy (non-hydrogen) atoms. The molecule has 0 aromatic carbocycles. The first kappa shape index (κ1) is 62.9. The second-order valence-corrected chi connectivity index (χ2v) is 19.6. The molecule has 0 amide bonds. The van der Waals surface area contributed by atoms with Gasteiger partial charge in [0, 0.05) is 19.3 Å². The summed E-state index contributed by atoms with van der Waals surface area (Å²) in [5.74, 6) is -0.871. The van der Waals surface area contributed by atoms with Crippen LogP contribution in [0.4, 0.5) is 0 Å². The quantitative estimate of drug-likeness (QED) is 0.0262. The molecule has 0 N–H and O–H groups in total. The molecule has 0 aliphatic heterocycles. The van der Waals surface area contributed by atoms with Crippen LogP contribution in [0.2, 0.25) is 0 Å². The van der Waals surface area contributed by atoms with E-state index in [0.29, 0.717) is 19.3 Å². The number of esters is 3. The summed E-state index contributed by atoms with van der Waals surface area (Å²) in [5.41, 5.74) is 0. The molecule has 0 rings (SSSR count). The van der Waals surface area contributed by atoms with Crippen molar-refractivity contribution in [1.82, 2.24) is 0 Å². The van der Waals surface area contributed by atoms with Crippen LogP contribution in [-0.2, 0) is 28.6 Å². The summed E-state index contributed by atoms with van der Waals surface area (Å²) in [5, 5.41) is 0. The first-order valence-electron chi connectivity index (χ1n) is 28.8. The molecule has 0 aromatic rings. The van der Waals surface area contributed by atoms with Gasteiger partial charge in [0.15, 0.2) is 6.10 Å². The average Bonchev–Trinajstić information content (AvgIpc) is 3.30. The van der Waals surface area contributed by atoms with Gasteiger partial charge in [0.1, 0.15) is 13.2 Å². The summed E-state index contributed by atoms with van der Waals surface area (Å²) in [4.78, 5) is 37.8. The van der Waals surface area contributed by atoms with E-state index >= 15 is 0 Å². The topological polar surface area (TPSA) is 78.9 Å². The second-order valence-electron chi connectivity index (χ2n) is 19.6. The molecule has 0 saturated carbocycles. The van der Waals surface area contributed by atoms with Gasteiger partial charge in [-0.2, -0.15) is 0 Å². The highest BCUT2D eigenvalue weighted by Gasteiger charge is 2.19. The monoisotopic (exact) mass is 915 g/mol. The van der Waals surface area contributed by atoms with E-state index in [9.17, 15) is 14.4 Å². The van der Waals surface area contributed by atoms with E-state index < -0.39 is 6.10 Å². The van der Waals surface area contributed by atoms with Crippen LogP contribution >= 0.6 is 0 Å². The molecule has 0 heterocycles. The van der Waals surface area contributed by atoms with Gasteiger partial charge in [0.05, 0.1) is 0 Å². The van der Waals surface area contributed by atoms with Crippen molar-refractivity contribution in [3.05, 3.63) is 24.3 Å². The van der Waals surface area contributed by atoms with E-state index in [1.54, 1.807) is 0 Å². The first-order chi connectivity index (χ1) is 32.0. The Morgan fingerprint density at radius 3 is 0.785 bits per heavy atom. The number of hydrogen-bond donors (Lipinski definition) is 0. The Bertz CT molecular complexity index is 1050. The maximum Gasteiger partial charge on any atom is 0.306 e. The van der Waals surface area contributed by atoms with Gasteiger partial charge < -0.3 is 14.2 Å². The average molecular weight is 916 g/mol. The molecule has 1 unspecified atom stereocenters. The molecule has 0 bridgehead atoms. The second kappa shape index (κ2) is 54.5. The third kappa shape index (κ3) is 52.7. The molecular formula is C59H110O6. The molecular weight excluding hydrogens is 805 g/mol. The third-order valence-electron chi connectivity index (χ3n) is 12.9. The summed E-state index contributed by atoms with van der Waals surface area (Å²) in [6, 6.07) is 0. The number of rotatable bonds is 53. The fraction of sp³-hybridized carbons (Fsp3) is 0.881. The fourth-order valence-corrected chi connectivity index (χ4v) is 8.55. The van der Waals surface area contributed by atoms with Crippen LogP contribution in [0.25, 0.3) is 0 Å². The molecule has 0 spiro atoms. The zero-order valence-corrected chi connectivity index (χ0v) is 43.8. The molecule has 0 saturated heterocycles. The Labute approximate surface area is 404 Å². The number of unbranched alkanes of at least 4 members (excludes halogenated alkanes) is 38. The van der Waals surface area contributed by atoms with Crippen molar-refractivity contribution in [2.24, 2.45) is 0 Å². The normalized spacial score (nSPS) is 12.1. The SMILES string of the molecule is CCCCCC/C=C\CCCCCCCC(=O)OC(COC(=O)CCCCCCCCC)COC(=O)CCCCCCCCCCCCCCCCC/C=C\CCCCCCCCCC. The van der Waals surface area contributed by atoms with Gasteiger partial charge in [-0.25, -0.2) is 0 Å². The van der Waals surface area contributed by atoms with Crippen molar-refractivity contribution < 1.29 is 28.6 Å². The smallest absolute Gasteiger partial charge is 0.306 e. The highest BCUT2D eigenvalue weighted by molar-refractivity contribution is 5.71. The predicted octanol–water partition coefficient (Wildman–Crippen LogP) is 19.1. The largest absolute Gasteiger partial charge is 0.462 e. The predicted molar refractivity (Wildman–Crippen MR) is 279 cm³/mol. The van der Waals surface area contributed by atoms with Gasteiger partial charge in [-0.3, -0.25) is 14.4 Å². The maximum atomic E-state index is 12.8. The van der Waals surface area contributed by atoms with Crippen molar-refractivity contribution >= 4 is 17.9 Å². The summed E-state index contributed by atoms with van der Waals surface area (Å²) < 4.78 is 16.8. The Balaban J connectivity index is 4.04. The van der Waals surface area contributed by atoms with Crippen molar-refractivity contribution in [1.29, 1.82) is 0 Å². The van der Waals surface area contributed by atoms with Crippen LogP contribution in [0.3, 0.4) is 0 Å². The lowest BCUT2D eigenvalue weighted by Gasteiger charge is -2.18. The molecule has 382 valence electrons. The lowest BCUT2D eigenvalue weighted by Crippen LogP contribution is -2.30. The summed E-state index contributed by atoms with van der Waals surface area (Å²) in [6.07, 6.45) is 63.5. The zero-order valence-electron chi connectivity index (χ0n) is 43.8. The van der Waals surface area contributed by atoms with Crippen molar-refractivity contribution in [3.63, 3.8) is 0 Å². The molecule has 0 aliphatic carbocycles.